The van der Waals surface area contributed by atoms with Gasteiger partial charge in [0.25, 0.3) is 20.0 Å². The minimum atomic E-state index is -4.26. The first-order valence-corrected chi connectivity index (χ1v) is 17.1. The van der Waals surface area contributed by atoms with Gasteiger partial charge in [0.1, 0.15) is 23.0 Å². The van der Waals surface area contributed by atoms with Gasteiger partial charge >= 0.3 is 12.1 Å². The van der Waals surface area contributed by atoms with Crippen molar-refractivity contribution in [3.05, 3.63) is 132 Å². The van der Waals surface area contributed by atoms with Crippen molar-refractivity contribution in [1.29, 1.82) is 0 Å². The van der Waals surface area contributed by atoms with E-state index in [-0.39, 0.29) is 21.2 Å². The van der Waals surface area contributed by atoms with Crippen molar-refractivity contribution in [2.24, 2.45) is 11.5 Å². The fourth-order valence-corrected chi connectivity index (χ4v) is 7.23. The highest BCUT2D eigenvalue weighted by atomic mass is 32.2. The van der Waals surface area contributed by atoms with Gasteiger partial charge in [-0.3, -0.25) is 0 Å². The number of primary amides is 2. The van der Waals surface area contributed by atoms with E-state index in [0.717, 1.165) is 11.1 Å². The molecule has 0 unspecified atom stereocenters. The Morgan fingerprint density at radius 1 is 0.500 bits per heavy atom. The predicted octanol–water partition coefficient (Wildman–Crippen LogP) is 6.44. The van der Waals surface area contributed by atoms with Crippen LogP contribution >= 0.6 is 0 Å². The number of aryl methyl sites for hydroxylation is 2. The van der Waals surface area contributed by atoms with Crippen LogP contribution in [0.3, 0.4) is 0 Å². The van der Waals surface area contributed by atoms with E-state index in [2.05, 4.69) is 0 Å². The van der Waals surface area contributed by atoms with E-state index in [0.29, 0.717) is 31.6 Å². The van der Waals surface area contributed by atoms with Gasteiger partial charge in [-0.05, 0) is 98.8 Å². The van der Waals surface area contributed by atoms with Crippen molar-refractivity contribution in [2.75, 3.05) is 8.61 Å². The summed E-state index contributed by atoms with van der Waals surface area (Å²) in [6, 6.07) is 27.8. The fraction of sp³-hybridized carbons (Fsp3) is 0.0588. The quantitative estimate of drug-likeness (QED) is 0.169. The molecule has 48 heavy (non-hydrogen) atoms. The van der Waals surface area contributed by atoms with Crippen molar-refractivity contribution in [3.8, 4) is 23.0 Å². The Hall–Kier alpha value is -5.86. The van der Waals surface area contributed by atoms with Crippen LogP contribution < -0.4 is 29.6 Å². The number of rotatable bonds is 10. The number of nitrogens with zero attached hydrogens (tertiary/aromatic N) is 2. The van der Waals surface area contributed by atoms with Crippen molar-refractivity contribution in [2.45, 2.75) is 23.6 Å². The van der Waals surface area contributed by atoms with Gasteiger partial charge in [0.15, 0.2) is 0 Å². The number of amides is 4. The van der Waals surface area contributed by atoms with Gasteiger partial charge in [-0.15, -0.1) is 0 Å². The Morgan fingerprint density at radius 3 is 1.15 bits per heavy atom. The van der Waals surface area contributed by atoms with Gasteiger partial charge in [-0.1, -0.05) is 41.5 Å². The number of benzene rings is 5. The lowest BCUT2D eigenvalue weighted by Gasteiger charge is -2.21. The number of hydrogen-bond acceptors (Lipinski definition) is 8. The Labute approximate surface area is 277 Å². The van der Waals surface area contributed by atoms with E-state index in [1.54, 1.807) is 48.5 Å². The number of carbonyl (C=O) groups excluding carboxylic acids is 2. The van der Waals surface area contributed by atoms with E-state index in [1.165, 1.54) is 72.8 Å². The van der Waals surface area contributed by atoms with Crippen molar-refractivity contribution < 1.29 is 35.9 Å². The fourth-order valence-electron chi connectivity index (χ4n) is 4.57. The molecule has 0 spiro atoms. The molecule has 0 atom stereocenters. The average Bonchev–Trinajstić information content (AvgIpc) is 3.03. The monoisotopic (exact) mass is 686 g/mol. The van der Waals surface area contributed by atoms with Gasteiger partial charge in [0.2, 0.25) is 0 Å². The number of anilines is 2. The standard InChI is InChI=1S/C34H30N4O8S2/c1-23-6-18-31(19-7-23)47(41,42)37(33(35)39)25-10-14-27(15-11-25)45-29-4-3-5-30(22-29)46-28-16-12-26(13-17-28)38(34(36)40)48(43,44)32-20-8-24(2)9-21-32/h3-22H,1-2H3,(H2,35,39)(H2,36,40). The average molecular weight is 687 g/mol. The summed E-state index contributed by atoms with van der Waals surface area (Å²) in [5.41, 5.74) is 12.7. The zero-order chi connectivity index (χ0) is 34.6. The van der Waals surface area contributed by atoms with Gasteiger partial charge in [-0.25, -0.2) is 26.4 Å². The molecule has 0 aromatic heterocycles. The van der Waals surface area contributed by atoms with Crippen LogP contribution in [0, 0.1) is 13.8 Å². The third-order valence-electron chi connectivity index (χ3n) is 6.94. The van der Waals surface area contributed by atoms with Crippen LogP contribution in [0.25, 0.3) is 0 Å². The molecule has 5 aromatic carbocycles. The minimum absolute atomic E-state index is 0.0255. The zero-order valence-corrected chi connectivity index (χ0v) is 27.3. The van der Waals surface area contributed by atoms with Gasteiger partial charge in [0.05, 0.1) is 21.2 Å². The zero-order valence-electron chi connectivity index (χ0n) is 25.7. The van der Waals surface area contributed by atoms with Crippen molar-refractivity contribution in [1.82, 2.24) is 0 Å². The second-order valence-electron chi connectivity index (χ2n) is 10.5. The number of ether oxygens (including phenoxy) is 2. The lowest BCUT2D eigenvalue weighted by Crippen LogP contribution is -2.40. The molecule has 0 aliphatic carbocycles. The summed E-state index contributed by atoms with van der Waals surface area (Å²) in [6.45, 7) is 3.62. The highest BCUT2D eigenvalue weighted by Crippen LogP contribution is 2.32. The molecule has 0 aliphatic rings. The van der Waals surface area contributed by atoms with Crippen molar-refractivity contribution >= 4 is 43.5 Å². The molecule has 0 saturated heterocycles. The topological polar surface area (TPSA) is 179 Å². The molecule has 0 heterocycles. The maximum atomic E-state index is 13.2. The molecule has 246 valence electrons. The molecule has 4 N–H and O–H groups in total. The van der Waals surface area contributed by atoms with Crippen LogP contribution in [0.5, 0.6) is 23.0 Å². The van der Waals surface area contributed by atoms with Gasteiger partial charge in [0, 0.05) is 6.07 Å². The van der Waals surface area contributed by atoms with E-state index in [9.17, 15) is 26.4 Å². The van der Waals surface area contributed by atoms with Crippen LogP contribution in [-0.4, -0.2) is 28.9 Å². The maximum absolute atomic E-state index is 13.2. The second-order valence-corrected chi connectivity index (χ2v) is 14.1. The summed E-state index contributed by atoms with van der Waals surface area (Å²) in [5, 5.41) is 0. The van der Waals surface area contributed by atoms with E-state index >= 15 is 0 Å². The molecule has 12 nitrogen and oxygen atoms in total. The third kappa shape index (κ3) is 7.24. The number of nitrogens with two attached hydrogens (primary N) is 2. The highest BCUT2D eigenvalue weighted by molar-refractivity contribution is 7.94. The molecule has 5 rings (SSSR count). The molecule has 0 saturated carbocycles. The summed E-state index contributed by atoms with van der Waals surface area (Å²) < 4.78 is 65.5. The highest BCUT2D eigenvalue weighted by Gasteiger charge is 2.30. The van der Waals surface area contributed by atoms with E-state index in [1.807, 2.05) is 13.8 Å². The lowest BCUT2D eigenvalue weighted by atomic mass is 10.2. The molecule has 14 heteroatoms. The molecule has 4 amide bonds. The third-order valence-corrected chi connectivity index (χ3v) is 10.4. The normalized spacial score (nSPS) is 11.4. The molecular weight excluding hydrogens is 657 g/mol. The Bertz CT molecular complexity index is 2020. The smallest absolute Gasteiger partial charge is 0.333 e. The lowest BCUT2D eigenvalue weighted by molar-refractivity contribution is 0.256. The molecule has 0 bridgehead atoms. The first-order chi connectivity index (χ1) is 22.8. The van der Waals surface area contributed by atoms with Crippen LogP contribution in [-0.2, 0) is 20.0 Å². The first-order valence-electron chi connectivity index (χ1n) is 14.2. The maximum Gasteiger partial charge on any atom is 0.333 e. The predicted molar refractivity (Wildman–Crippen MR) is 180 cm³/mol. The molecule has 5 aromatic rings. The van der Waals surface area contributed by atoms with E-state index in [4.69, 9.17) is 20.9 Å². The summed E-state index contributed by atoms with van der Waals surface area (Å²) in [4.78, 5) is 24.3. The largest absolute Gasteiger partial charge is 0.457 e. The van der Waals surface area contributed by atoms with Crippen LogP contribution in [0.4, 0.5) is 21.0 Å². The summed E-state index contributed by atoms with van der Waals surface area (Å²) >= 11 is 0. The molecule has 0 fully saturated rings. The summed E-state index contributed by atoms with van der Waals surface area (Å²) in [5.74, 6) is 1.41. The molecular formula is C34H30N4O8S2. The number of carbonyl (C=O) groups is 2. The number of hydrogen-bond donors (Lipinski definition) is 2. The second kappa shape index (κ2) is 13.5. The van der Waals surface area contributed by atoms with Crippen LogP contribution in [0.1, 0.15) is 11.1 Å². The van der Waals surface area contributed by atoms with Crippen molar-refractivity contribution in [3.63, 3.8) is 0 Å². The van der Waals surface area contributed by atoms with Crippen LogP contribution in [0.15, 0.2) is 131 Å². The van der Waals surface area contributed by atoms with E-state index < -0.39 is 32.1 Å². The number of sulfonamides is 2. The van der Waals surface area contributed by atoms with Gasteiger partial charge in [-0.2, -0.15) is 8.61 Å². The Morgan fingerprint density at radius 2 is 0.833 bits per heavy atom. The van der Waals surface area contributed by atoms with Gasteiger partial charge < -0.3 is 20.9 Å². The first kappa shape index (κ1) is 33.5. The van der Waals surface area contributed by atoms with Crippen LogP contribution in [0.2, 0.25) is 0 Å². The SMILES string of the molecule is Cc1ccc(S(=O)(=O)N(C(N)=O)c2ccc(Oc3cccc(Oc4ccc(N(C(N)=O)S(=O)(=O)c5ccc(C)cc5)cc4)c3)cc2)cc1. The summed E-state index contributed by atoms with van der Waals surface area (Å²) in [6.07, 6.45) is 0. The molecule has 0 aliphatic heterocycles. The Balaban J connectivity index is 1.30. The number of urea groups is 2. The molecule has 0 radical (unpaired) electrons. The minimum Gasteiger partial charge on any atom is -0.457 e. The Kier molecular flexibility index (Phi) is 9.40. The summed E-state index contributed by atoms with van der Waals surface area (Å²) in [7, 11) is -8.53.